The number of fused-ring (bicyclic) bond motifs is 1. The van der Waals surface area contributed by atoms with Crippen LogP contribution in [0.25, 0.3) is 21.5 Å². The Morgan fingerprint density at radius 2 is 2.17 bits per heavy atom. The summed E-state index contributed by atoms with van der Waals surface area (Å²) in [5.41, 5.74) is 1.38. The van der Waals surface area contributed by atoms with Crippen molar-refractivity contribution in [1.29, 1.82) is 0 Å². The first-order chi connectivity index (χ1) is 14.1. The van der Waals surface area contributed by atoms with Gasteiger partial charge < -0.3 is 14.1 Å². The molecule has 0 atom stereocenters. The van der Waals surface area contributed by atoms with Crippen molar-refractivity contribution < 1.29 is 13.5 Å². The Balaban J connectivity index is 1.58. The lowest BCUT2D eigenvalue weighted by Crippen LogP contribution is -2.25. The highest BCUT2D eigenvalue weighted by molar-refractivity contribution is 7.17. The van der Waals surface area contributed by atoms with Gasteiger partial charge in [-0.05, 0) is 36.4 Å². The molecule has 0 aliphatic carbocycles. The lowest BCUT2D eigenvalue weighted by molar-refractivity contribution is 0.264. The SMILES string of the molecule is CCN(Cc1ccc(OC)c(F)c1)Cc1nc2scc(-c3ccco3)c2c(=O)[nH]1. The Morgan fingerprint density at radius 1 is 1.31 bits per heavy atom. The molecule has 1 N–H and O–H groups in total. The first-order valence-electron chi connectivity index (χ1n) is 9.18. The molecule has 0 aliphatic heterocycles. The van der Waals surface area contributed by atoms with Crippen LogP contribution in [0, 0.1) is 5.82 Å². The molecular weight excluding hydrogens is 393 g/mol. The van der Waals surface area contributed by atoms with Crippen molar-refractivity contribution in [3.63, 3.8) is 0 Å². The third kappa shape index (κ3) is 3.94. The minimum absolute atomic E-state index is 0.191. The Labute approximate surface area is 170 Å². The fourth-order valence-corrected chi connectivity index (χ4v) is 4.19. The number of thiophene rings is 1. The summed E-state index contributed by atoms with van der Waals surface area (Å²) in [6.07, 6.45) is 1.58. The van der Waals surface area contributed by atoms with E-state index in [-0.39, 0.29) is 11.3 Å². The van der Waals surface area contributed by atoms with E-state index < -0.39 is 5.82 Å². The van der Waals surface area contributed by atoms with Crippen LogP contribution in [0.15, 0.2) is 51.2 Å². The highest BCUT2D eigenvalue weighted by Crippen LogP contribution is 2.31. The summed E-state index contributed by atoms with van der Waals surface area (Å²) in [5.74, 6) is 1.05. The molecule has 150 valence electrons. The van der Waals surface area contributed by atoms with Gasteiger partial charge in [0, 0.05) is 17.5 Å². The van der Waals surface area contributed by atoms with Crippen LogP contribution in [0.3, 0.4) is 0 Å². The van der Waals surface area contributed by atoms with Gasteiger partial charge >= 0.3 is 0 Å². The van der Waals surface area contributed by atoms with Crippen LogP contribution in [0.2, 0.25) is 0 Å². The number of H-pyrrole nitrogens is 1. The molecule has 1 aromatic carbocycles. The Bertz CT molecular complexity index is 1180. The quantitative estimate of drug-likeness (QED) is 0.486. The second kappa shape index (κ2) is 8.18. The normalized spacial score (nSPS) is 11.4. The third-order valence-electron chi connectivity index (χ3n) is 4.72. The van der Waals surface area contributed by atoms with Crippen molar-refractivity contribution in [3.8, 4) is 17.1 Å². The number of hydrogen-bond donors (Lipinski definition) is 1. The molecule has 6 nitrogen and oxygen atoms in total. The molecule has 0 radical (unpaired) electrons. The topological polar surface area (TPSA) is 71.4 Å². The molecule has 0 saturated carbocycles. The number of aromatic nitrogens is 2. The summed E-state index contributed by atoms with van der Waals surface area (Å²) < 4.78 is 24.4. The van der Waals surface area contributed by atoms with E-state index in [4.69, 9.17) is 9.15 Å². The zero-order chi connectivity index (χ0) is 20.4. The zero-order valence-electron chi connectivity index (χ0n) is 16.1. The van der Waals surface area contributed by atoms with Gasteiger partial charge in [-0.1, -0.05) is 13.0 Å². The summed E-state index contributed by atoms with van der Waals surface area (Å²) in [4.78, 5) is 23.0. The van der Waals surface area contributed by atoms with Crippen LogP contribution in [-0.4, -0.2) is 28.5 Å². The molecule has 3 aromatic heterocycles. The predicted molar refractivity (Wildman–Crippen MR) is 111 cm³/mol. The van der Waals surface area contributed by atoms with Gasteiger partial charge in [0.05, 0.1) is 25.3 Å². The number of furan rings is 1. The van der Waals surface area contributed by atoms with Crippen molar-refractivity contribution in [1.82, 2.24) is 14.9 Å². The van der Waals surface area contributed by atoms with Crippen LogP contribution in [0.1, 0.15) is 18.3 Å². The smallest absolute Gasteiger partial charge is 0.260 e. The average molecular weight is 413 g/mol. The summed E-state index contributed by atoms with van der Waals surface area (Å²) in [6, 6.07) is 8.53. The number of methoxy groups -OCH3 is 1. The largest absolute Gasteiger partial charge is 0.494 e. The van der Waals surface area contributed by atoms with Crippen LogP contribution in [0.5, 0.6) is 5.75 Å². The van der Waals surface area contributed by atoms with Crippen molar-refractivity contribution in [3.05, 3.63) is 69.5 Å². The number of aromatic amines is 1. The molecule has 0 saturated heterocycles. The fourth-order valence-electron chi connectivity index (χ4n) is 3.24. The zero-order valence-corrected chi connectivity index (χ0v) is 16.9. The number of halogens is 1. The molecule has 0 bridgehead atoms. The van der Waals surface area contributed by atoms with E-state index in [1.54, 1.807) is 18.4 Å². The minimum atomic E-state index is -0.391. The Morgan fingerprint density at radius 3 is 2.86 bits per heavy atom. The van der Waals surface area contributed by atoms with E-state index in [0.717, 1.165) is 17.7 Å². The lowest BCUT2D eigenvalue weighted by atomic mass is 10.2. The number of nitrogens with one attached hydrogen (secondary N) is 1. The van der Waals surface area contributed by atoms with Crippen LogP contribution >= 0.6 is 11.3 Å². The van der Waals surface area contributed by atoms with Crippen LogP contribution < -0.4 is 10.3 Å². The monoisotopic (exact) mass is 413 g/mol. The van der Waals surface area contributed by atoms with E-state index in [9.17, 15) is 9.18 Å². The van der Waals surface area contributed by atoms with Crippen molar-refractivity contribution in [2.75, 3.05) is 13.7 Å². The van der Waals surface area contributed by atoms with Gasteiger partial charge in [0.25, 0.3) is 5.56 Å². The average Bonchev–Trinajstić information content (AvgIpc) is 3.37. The molecular formula is C21H20FN3O3S. The molecule has 0 unspecified atom stereocenters. The Kier molecular flexibility index (Phi) is 5.46. The third-order valence-corrected chi connectivity index (χ3v) is 5.59. The van der Waals surface area contributed by atoms with E-state index in [0.29, 0.717) is 34.9 Å². The number of rotatable bonds is 7. The van der Waals surface area contributed by atoms with Gasteiger partial charge in [-0.25, -0.2) is 9.37 Å². The van der Waals surface area contributed by atoms with Crippen molar-refractivity contribution >= 4 is 21.6 Å². The maximum absolute atomic E-state index is 14.0. The molecule has 0 aliphatic rings. The first kappa shape index (κ1) is 19.4. The molecule has 29 heavy (non-hydrogen) atoms. The van der Waals surface area contributed by atoms with Gasteiger partial charge in [0.1, 0.15) is 16.4 Å². The maximum atomic E-state index is 14.0. The number of nitrogens with zero attached hydrogens (tertiary/aromatic N) is 2. The molecule has 4 rings (SSSR count). The van der Waals surface area contributed by atoms with Crippen LogP contribution in [0.4, 0.5) is 4.39 Å². The molecule has 0 fully saturated rings. The van der Waals surface area contributed by atoms with Crippen molar-refractivity contribution in [2.45, 2.75) is 20.0 Å². The van der Waals surface area contributed by atoms with Gasteiger partial charge in [-0.3, -0.25) is 9.69 Å². The number of benzene rings is 1. The summed E-state index contributed by atoms with van der Waals surface area (Å²) in [6.45, 7) is 3.71. The maximum Gasteiger partial charge on any atom is 0.260 e. The molecule has 8 heteroatoms. The summed E-state index contributed by atoms with van der Waals surface area (Å²) >= 11 is 1.41. The summed E-state index contributed by atoms with van der Waals surface area (Å²) in [7, 11) is 1.44. The summed E-state index contributed by atoms with van der Waals surface area (Å²) in [5, 5.41) is 2.42. The second-order valence-corrected chi connectivity index (χ2v) is 7.45. The standard InChI is InChI=1S/C21H20FN3O3S/c1-3-25(10-13-6-7-17(27-2)15(22)9-13)11-18-23-20(26)19-14(12-29-21(19)24-18)16-5-4-8-28-16/h4-9,12H,3,10-11H2,1-2H3,(H,23,24,26). The number of hydrogen-bond acceptors (Lipinski definition) is 6. The van der Waals surface area contributed by atoms with Crippen molar-refractivity contribution in [2.24, 2.45) is 0 Å². The van der Waals surface area contributed by atoms with E-state index in [1.807, 2.05) is 24.4 Å². The van der Waals surface area contributed by atoms with E-state index in [1.165, 1.54) is 24.5 Å². The van der Waals surface area contributed by atoms with E-state index >= 15 is 0 Å². The van der Waals surface area contributed by atoms with Gasteiger partial charge in [-0.15, -0.1) is 11.3 Å². The highest BCUT2D eigenvalue weighted by atomic mass is 32.1. The van der Waals surface area contributed by atoms with Gasteiger partial charge in [-0.2, -0.15) is 0 Å². The van der Waals surface area contributed by atoms with Crippen LogP contribution in [-0.2, 0) is 13.1 Å². The first-order valence-corrected chi connectivity index (χ1v) is 10.1. The fraction of sp³-hybridized carbons (Fsp3) is 0.238. The highest BCUT2D eigenvalue weighted by Gasteiger charge is 2.16. The lowest BCUT2D eigenvalue weighted by Gasteiger charge is -2.20. The predicted octanol–water partition coefficient (Wildman–Crippen LogP) is 4.41. The molecule has 3 heterocycles. The minimum Gasteiger partial charge on any atom is -0.494 e. The number of ether oxygens (including phenoxy) is 1. The molecule has 4 aromatic rings. The molecule has 0 amide bonds. The van der Waals surface area contributed by atoms with Gasteiger partial charge in [0.2, 0.25) is 0 Å². The molecule has 0 spiro atoms. The van der Waals surface area contributed by atoms with Gasteiger partial charge in [0.15, 0.2) is 11.6 Å². The van der Waals surface area contributed by atoms with E-state index in [2.05, 4.69) is 14.9 Å². The second-order valence-electron chi connectivity index (χ2n) is 6.59. The Hall–Kier alpha value is -2.97.